The summed E-state index contributed by atoms with van der Waals surface area (Å²) in [5.74, 6) is -0.302. The first kappa shape index (κ1) is 15.6. The maximum absolute atomic E-state index is 11.5. The second kappa shape index (κ2) is 6.76. The topological polar surface area (TPSA) is 72.7 Å². The van der Waals surface area contributed by atoms with Gasteiger partial charge in [-0.15, -0.1) is 0 Å². The molecule has 1 aliphatic heterocycles. The van der Waals surface area contributed by atoms with Gasteiger partial charge in [-0.05, 0) is 31.4 Å². The van der Waals surface area contributed by atoms with Crippen molar-refractivity contribution in [3.05, 3.63) is 33.3 Å². The van der Waals surface area contributed by atoms with E-state index in [2.05, 4.69) is 0 Å². The van der Waals surface area contributed by atoms with Crippen molar-refractivity contribution in [1.29, 1.82) is 0 Å². The predicted octanol–water partition coefficient (Wildman–Crippen LogP) is 3.17. The van der Waals surface area contributed by atoms with Gasteiger partial charge in [0.15, 0.2) is 0 Å². The maximum Gasteiger partial charge on any atom is 0.307 e. The predicted molar refractivity (Wildman–Crippen MR) is 79.7 cm³/mol. The number of ether oxygens (including phenoxy) is 1. The second-order valence-corrected chi connectivity index (χ2v) is 5.45. The molecule has 0 aromatic heterocycles. The smallest absolute Gasteiger partial charge is 0.307 e. The van der Waals surface area contributed by atoms with Crippen LogP contribution in [0, 0.1) is 10.1 Å². The third kappa shape index (κ3) is 3.64. The van der Waals surface area contributed by atoms with Gasteiger partial charge in [0.1, 0.15) is 5.69 Å². The lowest BCUT2D eigenvalue weighted by molar-refractivity contribution is -0.384. The summed E-state index contributed by atoms with van der Waals surface area (Å²) < 4.78 is 4.71. The monoisotopic (exact) mass is 312 g/mol. The van der Waals surface area contributed by atoms with Crippen molar-refractivity contribution in [2.24, 2.45) is 0 Å². The minimum absolute atomic E-state index is 0.0285. The number of anilines is 1. The van der Waals surface area contributed by atoms with Crippen LogP contribution in [0.15, 0.2) is 18.2 Å². The highest BCUT2D eigenvalue weighted by atomic mass is 35.5. The Balaban J connectivity index is 2.33. The third-order valence-corrected chi connectivity index (χ3v) is 3.94. The molecule has 0 spiro atoms. The van der Waals surface area contributed by atoms with Crippen LogP contribution >= 0.6 is 11.6 Å². The average Bonchev–Trinajstić information content (AvgIpc) is 2.47. The number of halogens is 1. The summed E-state index contributed by atoms with van der Waals surface area (Å²) in [4.78, 5) is 24.2. The Hall–Kier alpha value is -1.82. The summed E-state index contributed by atoms with van der Waals surface area (Å²) in [6.45, 7) is 0.685. The lowest BCUT2D eigenvalue weighted by Crippen LogP contribution is -2.41. The molecule has 1 atom stereocenters. The zero-order chi connectivity index (χ0) is 15.4. The van der Waals surface area contributed by atoms with Crippen LogP contribution in [-0.4, -0.2) is 30.6 Å². The van der Waals surface area contributed by atoms with Crippen LogP contribution in [-0.2, 0) is 9.53 Å². The molecule has 1 aromatic carbocycles. The summed E-state index contributed by atoms with van der Waals surface area (Å²) >= 11 is 5.85. The first-order chi connectivity index (χ1) is 10.0. The van der Waals surface area contributed by atoms with Crippen molar-refractivity contribution in [2.45, 2.75) is 31.7 Å². The van der Waals surface area contributed by atoms with Crippen molar-refractivity contribution < 1.29 is 14.5 Å². The number of nitro groups is 1. The summed E-state index contributed by atoms with van der Waals surface area (Å²) in [6, 6.07) is 4.55. The van der Waals surface area contributed by atoms with Gasteiger partial charge >= 0.3 is 5.97 Å². The summed E-state index contributed by atoms with van der Waals surface area (Å²) in [5.41, 5.74) is 0.484. The van der Waals surface area contributed by atoms with Gasteiger partial charge in [0.05, 0.1) is 18.5 Å². The van der Waals surface area contributed by atoms with Gasteiger partial charge in [0.25, 0.3) is 5.69 Å². The van der Waals surface area contributed by atoms with Crippen LogP contribution < -0.4 is 4.90 Å². The van der Waals surface area contributed by atoms with Crippen LogP contribution in [0.5, 0.6) is 0 Å². The number of esters is 1. The molecule has 0 radical (unpaired) electrons. The highest BCUT2D eigenvalue weighted by molar-refractivity contribution is 6.30. The molecule has 0 aliphatic carbocycles. The standard InChI is InChI=1S/C14H17ClN2O4/c1-21-14(18)9-11-4-2-3-7-16(11)12-6-5-10(15)8-13(12)17(19)20/h5-6,8,11H,2-4,7,9H2,1H3. The van der Waals surface area contributed by atoms with Crippen LogP contribution in [0.1, 0.15) is 25.7 Å². The molecule has 1 aliphatic rings. The lowest BCUT2D eigenvalue weighted by Gasteiger charge is -2.36. The highest BCUT2D eigenvalue weighted by Crippen LogP contribution is 2.35. The first-order valence-electron chi connectivity index (χ1n) is 6.80. The van der Waals surface area contributed by atoms with Gasteiger partial charge in [-0.2, -0.15) is 0 Å². The number of hydrogen-bond donors (Lipinski definition) is 0. The molecule has 21 heavy (non-hydrogen) atoms. The number of rotatable bonds is 4. The highest BCUT2D eigenvalue weighted by Gasteiger charge is 2.29. The largest absolute Gasteiger partial charge is 0.469 e. The van der Waals surface area contributed by atoms with E-state index in [0.717, 1.165) is 19.3 Å². The Kier molecular flexibility index (Phi) is 5.01. The summed E-state index contributed by atoms with van der Waals surface area (Å²) in [7, 11) is 1.35. The molecule has 114 valence electrons. The number of nitro benzene ring substituents is 1. The van der Waals surface area contributed by atoms with Crippen molar-refractivity contribution in [2.75, 3.05) is 18.6 Å². The number of hydrogen-bond acceptors (Lipinski definition) is 5. The maximum atomic E-state index is 11.5. The van der Waals surface area contributed by atoms with Crippen molar-refractivity contribution >= 4 is 28.9 Å². The third-order valence-electron chi connectivity index (χ3n) is 3.70. The molecule has 2 rings (SSSR count). The minimum atomic E-state index is -0.439. The van der Waals surface area contributed by atoms with E-state index < -0.39 is 4.92 Å². The van der Waals surface area contributed by atoms with E-state index in [0.29, 0.717) is 17.3 Å². The summed E-state index contributed by atoms with van der Waals surface area (Å²) in [6.07, 6.45) is 2.99. The lowest BCUT2D eigenvalue weighted by atomic mass is 9.98. The fourth-order valence-corrected chi connectivity index (χ4v) is 2.86. The van der Waals surface area contributed by atoms with E-state index in [1.54, 1.807) is 12.1 Å². The number of nitrogens with zero attached hydrogens (tertiary/aromatic N) is 2. The van der Waals surface area contributed by atoms with Gasteiger partial charge in [0, 0.05) is 23.7 Å². The number of benzene rings is 1. The summed E-state index contributed by atoms with van der Waals surface area (Å²) in [5, 5.41) is 11.6. The second-order valence-electron chi connectivity index (χ2n) is 5.01. The van der Waals surface area contributed by atoms with Crippen LogP contribution in [0.2, 0.25) is 5.02 Å². The van der Waals surface area contributed by atoms with E-state index in [-0.39, 0.29) is 24.1 Å². The fourth-order valence-electron chi connectivity index (χ4n) is 2.69. The minimum Gasteiger partial charge on any atom is -0.469 e. The average molecular weight is 313 g/mol. The molecule has 1 aromatic rings. The van der Waals surface area contributed by atoms with Gasteiger partial charge in [-0.3, -0.25) is 14.9 Å². The number of methoxy groups -OCH3 is 1. The molecule has 0 amide bonds. The molecule has 0 bridgehead atoms. The van der Waals surface area contributed by atoms with Gasteiger partial charge in [-0.25, -0.2) is 0 Å². The quantitative estimate of drug-likeness (QED) is 0.485. The van der Waals surface area contributed by atoms with E-state index in [1.807, 2.05) is 4.90 Å². The van der Waals surface area contributed by atoms with Crippen LogP contribution in [0.4, 0.5) is 11.4 Å². The zero-order valence-corrected chi connectivity index (χ0v) is 12.5. The Labute approximate surface area is 127 Å². The fraction of sp³-hybridized carbons (Fsp3) is 0.500. The number of piperidine rings is 1. The SMILES string of the molecule is COC(=O)CC1CCCCN1c1ccc(Cl)cc1[N+](=O)[O-]. The first-order valence-corrected chi connectivity index (χ1v) is 7.18. The van der Waals surface area contributed by atoms with E-state index in [9.17, 15) is 14.9 Å². The molecule has 6 nitrogen and oxygen atoms in total. The van der Waals surface area contributed by atoms with Crippen molar-refractivity contribution in [3.63, 3.8) is 0 Å². The van der Waals surface area contributed by atoms with E-state index in [4.69, 9.17) is 16.3 Å². The Morgan fingerprint density at radius 2 is 2.29 bits per heavy atom. The molecule has 1 fully saturated rings. The Morgan fingerprint density at radius 3 is 2.95 bits per heavy atom. The molecule has 1 unspecified atom stereocenters. The van der Waals surface area contributed by atoms with Crippen LogP contribution in [0.3, 0.4) is 0 Å². The van der Waals surface area contributed by atoms with Crippen molar-refractivity contribution in [3.8, 4) is 0 Å². The molecular formula is C14H17ClN2O4. The number of carbonyl (C=O) groups excluding carboxylic acids is 1. The van der Waals surface area contributed by atoms with Gasteiger partial charge in [0.2, 0.25) is 0 Å². The van der Waals surface area contributed by atoms with Crippen molar-refractivity contribution in [1.82, 2.24) is 0 Å². The molecule has 0 N–H and O–H groups in total. The Morgan fingerprint density at radius 1 is 1.52 bits per heavy atom. The molecular weight excluding hydrogens is 296 g/mol. The molecule has 7 heteroatoms. The Bertz CT molecular complexity index is 550. The normalized spacial score (nSPS) is 18.4. The number of carbonyl (C=O) groups is 1. The zero-order valence-electron chi connectivity index (χ0n) is 11.8. The van der Waals surface area contributed by atoms with E-state index >= 15 is 0 Å². The van der Waals surface area contributed by atoms with Crippen LogP contribution in [0.25, 0.3) is 0 Å². The molecule has 0 saturated carbocycles. The van der Waals surface area contributed by atoms with Gasteiger partial charge < -0.3 is 9.64 Å². The van der Waals surface area contributed by atoms with E-state index in [1.165, 1.54) is 13.2 Å². The molecule has 1 heterocycles. The molecule has 1 saturated heterocycles. The van der Waals surface area contributed by atoms with Gasteiger partial charge in [-0.1, -0.05) is 11.6 Å².